The molecule has 5 nitrogen and oxygen atoms in total. The highest BCUT2D eigenvalue weighted by Crippen LogP contribution is 2.37. The third-order valence-corrected chi connectivity index (χ3v) is 4.03. The zero-order chi connectivity index (χ0) is 15.9. The summed E-state index contributed by atoms with van der Waals surface area (Å²) >= 11 is 0. The molecule has 6 heteroatoms. The molecule has 0 radical (unpaired) electrons. The van der Waals surface area contributed by atoms with Crippen molar-refractivity contribution in [2.75, 3.05) is 7.11 Å². The number of hydrogen-bond donors (Lipinski definition) is 1. The fourth-order valence-corrected chi connectivity index (χ4v) is 2.84. The number of methoxy groups -OCH3 is 1. The molecule has 3 rings (SSSR count). The molecule has 0 unspecified atom stereocenters. The lowest BCUT2D eigenvalue weighted by Gasteiger charge is -2.35. The maximum Gasteiger partial charge on any atom is 0.337 e. The molecule has 116 valence electrons. The molecule has 1 N–H and O–H groups in total. The quantitative estimate of drug-likeness (QED) is 0.873. The average molecular weight is 304 g/mol. The number of allylic oxidation sites excluding steroid dienone is 1. The largest absolute Gasteiger partial charge is 0.466 e. The summed E-state index contributed by atoms with van der Waals surface area (Å²) in [7, 11) is 1.29. The van der Waals surface area contributed by atoms with Crippen LogP contribution in [0.25, 0.3) is 0 Å². The number of halogens is 1. The Morgan fingerprint density at radius 2 is 2.14 bits per heavy atom. The Morgan fingerprint density at radius 1 is 1.41 bits per heavy atom. The minimum Gasteiger partial charge on any atom is -0.466 e. The van der Waals surface area contributed by atoms with Gasteiger partial charge in [0.15, 0.2) is 0 Å². The first-order valence-corrected chi connectivity index (χ1v) is 7.17. The zero-order valence-corrected chi connectivity index (χ0v) is 12.4. The van der Waals surface area contributed by atoms with Crippen LogP contribution in [0.4, 0.5) is 9.18 Å². The van der Waals surface area contributed by atoms with Crippen LogP contribution in [0.2, 0.25) is 0 Å². The average Bonchev–Trinajstić information content (AvgIpc) is 3.30. The number of rotatable bonds is 3. The lowest BCUT2D eigenvalue weighted by Crippen LogP contribution is -2.48. The first kappa shape index (κ1) is 14.6. The number of hydrogen-bond acceptors (Lipinski definition) is 3. The fourth-order valence-electron chi connectivity index (χ4n) is 2.84. The lowest BCUT2D eigenvalue weighted by molar-refractivity contribution is -0.136. The Bertz CT molecular complexity index is 667. The summed E-state index contributed by atoms with van der Waals surface area (Å²) in [6.07, 6.45) is 1.84. The van der Waals surface area contributed by atoms with Gasteiger partial charge in [0.2, 0.25) is 0 Å². The van der Waals surface area contributed by atoms with Gasteiger partial charge in [0, 0.05) is 11.7 Å². The first-order chi connectivity index (χ1) is 10.5. The monoisotopic (exact) mass is 304 g/mol. The van der Waals surface area contributed by atoms with Crippen LogP contribution in [0.15, 0.2) is 35.5 Å². The number of ether oxygens (including phenoxy) is 1. The number of esters is 1. The molecule has 0 bridgehead atoms. The van der Waals surface area contributed by atoms with Gasteiger partial charge >= 0.3 is 12.0 Å². The van der Waals surface area contributed by atoms with Gasteiger partial charge in [0.1, 0.15) is 5.82 Å². The van der Waals surface area contributed by atoms with E-state index in [1.807, 2.05) is 0 Å². The van der Waals surface area contributed by atoms with Gasteiger partial charge in [-0.05, 0) is 37.5 Å². The smallest absolute Gasteiger partial charge is 0.337 e. The molecule has 1 aromatic carbocycles. The molecular formula is C16H17FN2O3. The van der Waals surface area contributed by atoms with E-state index >= 15 is 0 Å². The van der Waals surface area contributed by atoms with Gasteiger partial charge in [0.25, 0.3) is 0 Å². The van der Waals surface area contributed by atoms with Crippen LogP contribution in [-0.4, -0.2) is 30.1 Å². The van der Waals surface area contributed by atoms with E-state index in [1.54, 1.807) is 24.0 Å². The van der Waals surface area contributed by atoms with Crippen LogP contribution in [0, 0.1) is 5.82 Å². The van der Waals surface area contributed by atoms with Gasteiger partial charge in [-0.2, -0.15) is 0 Å². The Balaban J connectivity index is 2.08. The molecule has 1 saturated carbocycles. The minimum atomic E-state index is -0.703. The predicted octanol–water partition coefficient (Wildman–Crippen LogP) is 2.50. The van der Waals surface area contributed by atoms with Gasteiger partial charge < -0.3 is 10.1 Å². The normalized spacial score (nSPS) is 21.7. The van der Waals surface area contributed by atoms with Gasteiger partial charge in [-0.25, -0.2) is 14.0 Å². The number of benzene rings is 1. The van der Waals surface area contributed by atoms with E-state index in [1.165, 1.54) is 19.2 Å². The molecule has 1 aromatic rings. The van der Waals surface area contributed by atoms with E-state index in [0.717, 1.165) is 12.8 Å². The number of amides is 2. The van der Waals surface area contributed by atoms with Crippen molar-refractivity contribution in [1.29, 1.82) is 0 Å². The Morgan fingerprint density at radius 3 is 2.73 bits per heavy atom. The predicted molar refractivity (Wildman–Crippen MR) is 77.2 cm³/mol. The van der Waals surface area contributed by atoms with Crippen molar-refractivity contribution in [1.82, 2.24) is 10.2 Å². The number of carbonyl (C=O) groups excluding carboxylic acids is 2. The third-order valence-electron chi connectivity index (χ3n) is 4.03. The molecular weight excluding hydrogens is 287 g/mol. The third kappa shape index (κ3) is 2.45. The summed E-state index contributed by atoms with van der Waals surface area (Å²) in [4.78, 5) is 26.1. The van der Waals surface area contributed by atoms with Crippen molar-refractivity contribution < 1.29 is 18.7 Å². The molecule has 0 saturated heterocycles. The summed E-state index contributed by atoms with van der Waals surface area (Å²) < 4.78 is 18.3. The minimum absolute atomic E-state index is 0.133. The second-order valence-corrected chi connectivity index (χ2v) is 5.53. The van der Waals surface area contributed by atoms with E-state index in [4.69, 9.17) is 4.74 Å². The van der Waals surface area contributed by atoms with Crippen molar-refractivity contribution in [3.63, 3.8) is 0 Å². The highest BCUT2D eigenvalue weighted by Gasteiger charge is 2.42. The molecule has 2 amide bonds. The maximum atomic E-state index is 13.5. The molecule has 1 aliphatic heterocycles. The maximum absolute atomic E-state index is 13.5. The number of urea groups is 1. The van der Waals surface area contributed by atoms with Gasteiger partial charge in [-0.15, -0.1) is 0 Å². The molecule has 0 aromatic heterocycles. The van der Waals surface area contributed by atoms with Crippen LogP contribution < -0.4 is 5.32 Å². The van der Waals surface area contributed by atoms with Crippen LogP contribution >= 0.6 is 0 Å². The Kier molecular flexibility index (Phi) is 3.60. The van der Waals surface area contributed by atoms with Crippen LogP contribution in [0.5, 0.6) is 0 Å². The number of nitrogens with one attached hydrogen (secondary N) is 1. The molecule has 0 spiro atoms. The van der Waals surface area contributed by atoms with E-state index in [-0.39, 0.29) is 12.1 Å². The number of carbonyl (C=O) groups is 2. The fraction of sp³-hybridized carbons (Fsp3) is 0.375. The zero-order valence-electron chi connectivity index (χ0n) is 12.4. The second kappa shape index (κ2) is 5.44. The van der Waals surface area contributed by atoms with E-state index in [2.05, 4.69) is 5.32 Å². The first-order valence-electron chi connectivity index (χ1n) is 7.17. The molecule has 22 heavy (non-hydrogen) atoms. The summed E-state index contributed by atoms with van der Waals surface area (Å²) in [6.45, 7) is 1.73. The van der Waals surface area contributed by atoms with Crippen LogP contribution in [0.3, 0.4) is 0 Å². The molecule has 1 fully saturated rings. The van der Waals surface area contributed by atoms with Gasteiger partial charge in [-0.1, -0.05) is 12.1 Å². The summed E-state index contributed by atoms with van der Waals surface area (Å²) in [5.41, 5.74) is 1.44. The summed E-state index contributed by atoms with van der Waals surface area (Å²) in [5.74, 6) is -0.935. The highest BCUT2D eigenvalue weighted by atomic mass is 19.1. The topological polar surface area (TPSA) is 58.6 Å². The molecule has 1 heterocycles. The van der Waals surface area contributed by atoms with Crippen molar-refractivity contribution in [3.05, 3.63) is 46.9 Å². The lowest BCUT2D eigenvalue weighted by atomic mass is 9.95. The molecule has 1 atom stereocenters. The molecule has 1 aliphatic carbocycles. The summed E-state index contributed by atoms with van der Waals surface area (Å²) in [6, 6.07) is 5.03. The van der Waals surface area contributed by atoms with Crippen LogP contribution in [0.1, 0.15) is 31.4 Å². The SMILES string of the molecule is COC(=O)C1=C(C)N(C2CC2)C(=O)N[C@H]1c1cccc(F)c1. The van der Waals surface area contributed by atoms with Gasteiger partial charge in [-0.3, -0.25) is 4.90 Å². The highest BCUT2D eigenvalue weighted by molar-refractivity contribution is 5.95. The van der Waals surface area contributed by atoms with E-state index in [0.29, 0.717) is 16.8 Å². The second-order valence-electron chi connectivity index (χ2n) is 5.53. The Labute approximate surface area is 127 Å². The Hall–Kier alpha value is -2.37. The van der Waals surface area contributed by atoms with E-state index in [9.17, 15) is 14.0 Å². The van der Waals surface area contributed by atoms with Crippen molar-refractivity contribution >= 4 is 12.0 Å². The number of nitrogens with zero attached hydrogens (tertiary/aromatic N) is 1. The van der Waals surface area contributed by atoms with Crippen molar-refractivity contribution in [2.45, 2.75) is 31.8 Å². The van der Waals surface area contributed by atoms with Gasteiger partial charge in [0.05, 0.1) is 18.7 Å². The van der Waals surface area contributed by atoms with Crippen molar-refractivity contribution in [2.24, 2.45) is 0 Å². The molecule has 2 aliphatic rings. The van der Waals surface area contributed by atoms with Crippen LogP contribution in [-0.2, 0) is 9.53 Å². The van der Waals surface area contributed by atoms with Crippen molar-refractivity contribution in [3.8, 4) is 0 Å². The standard InChI is InChI=1S/C16H17FN2O3/c1-9-13(15(20)22-2)14(10-4-3-5-11(17)8-10)18-16(21)19(9)12-6-7-12/h3-5,8,12,14H,6-7H2,1-2H3,(H,18,21)/t14-/m0/s1. The van der Waals surface area contributed by atoms with E-state index < -0.39 is 17.8 Å². The summed E-state index contributed by atoms with van der Waals surface area (Å²) in [5, 5.41) is 2.79.